The van der Waals surface area contributed by atoms with Crippen LogP contribution in [0.1, 0.15) is 53.7 Å². The standard InChI is InChI=1S/C26H33NO4S/c1-7-30-25(29)26(4,5)31-24-16(2)12-19(13-17(24)3)21-14-27-15-22(21)23(28)18-8-10-20(32-6)11-9-18/h8-13,21-22,27H,7,14-15H2,1-6H3/t21?,22-/m0/s1. The topological polar surface area (TPSA) is 64.6 Å². The van der Waals surface area contributed by atoms with Gasteiger partial charge in [0.05, 0.1) is 6.61 Å². The SMILES string of the molecule is CCOC(=O)C(C)(C)Oc1c(C)cc(C2CNC[C@@H]2C(=O)c2ccc(SC)cc2)cc1C. The molecule has 0 aromatic heterocycles. The second-order valence-corrected chi connectivity index (χ2v) is 9.66. The highest BCUT2D eigenvalue weighted by Gasteiger charge is 2.36. The number of ether oxygens (including phenoxy) is 2. The molecule has 2 atom stereocenters. The number of Topliss-reactive ketones (excluding diaryl/α,β-unsaturated/α-hetero) is 1. The molecule has 5 nitrogen and oxygen atoms in total. The van der Waals surface area contributed by atoms with Gasteiger partial charge >= 0.3 is 5.97 Å². The highest BCUT2D eigenvalue weighted by Crippen LogP contribution is 2.36. The first kappa shape index (κ1) is 24.3. The monoisotopic (exact) mass is 455 g/mol. The van der Waals surface area contributed by atoms with Gasteiger partial charge < -0.3 is 14.8 Å². The fourth-order valence-electron chi connectivity index (χ4n) is 4.23. The molecule has 2 aromatic rings. The molecular formula is C26H33NO4S. The number of ketones is 1. The summed E-state index contributed by atoms with van der Waals surface area (Å²) < 4.78 is 11.3. The summed E-state index contributed by atoms with van der Waals surface area (Å²) >= 11 is 1.67. The van der Waals surface area contributed by atoms with Crippen molar-refractivity contribution in [3.63, 3.8) is 0 Å². The van der Waals surface area contributed by atoms with E-state index in [2.05, 4.69) is 17.4 Å². The Morgan fingerprint density at radius 2 is 1.72 bits per heavy atom. The smallest absolute Gasteiger partial charge is 0.349 e. The molecule has 0 aliphatic carbocycles. The van der Waals surface area contributed by atoms with Crippen LogP contribution in [0.25, 0.3) is 0 Å². The fourth-order valence-corrected chi connectivity index (χ4v) is 4.64. The molecule has 0 spiro atoms. The highest BCUT2D eigenvalue weighted by molar-refractivity contribution is 7.98. The van der Waals surface area contributed by atoms with Crippen LogP contribution >= 0.6 is 11.8 Å². The minimum absolute atomic E-state index is 0.0900. The molecule has 3 rings (SSSR count). The third-order valence-electron chi connectivity index (χ3n) is 5.96. The van der Waals surface area contributed by atoms with Crippen LogP contribution in [0.4, 0.5) is 0 Å². The van der Waals surface area contributed by atoms with Gasteiger partial charge in [0.25, 0.3) is 0 Å². The molecular weight excluding hydrogens is 422 g/mol. The van der Waals surface area contributed by atoms with E-state index in [0.717, 1.165) is 33.7 Å². The van der Waals surface area contributed by atoms with E-state index in [-0.39, 0.29) is 23.6 Å². The quantitative estimate of drug-likeness (QED) is 0.346. The van der Waals surface area contributed by atoms with Gasteiger partial charge in [0.1, 0.15) is 5.75 Å². The molecule has 6 heteroatoms. The lowest BCUT2D eigenvalue weighted by atomic mass is 9.82. The number of carbonyl (C=O) groups is 2. The van der Waals surface area contributed by atoms with Crippen molar-refractivity contribution in [3.05, 3.63) is 58.7 Å². The average molecular weight is 456 g/mol. The van der Waals surface area contributed by atoms with Crippen LogP contribution in [-0.2, 0) is 9.53 Å². The molecule has 0 amide bonds. The number of thioether (sulfide) groups is 1. The summed E-state index contributed by atoms with van der Waals surface area (Å²) in [7, 11) is 0. The lowest BCUT2D eigenvalue weighted by Gasteiger charge is -2.27. The predicted molar refractivity (Wildman–Crippen MR) is 129 cm³/mol. The summed E-state index contributed by atoms with van der Waals surface area (Å²) in [6.45, 7) is 10.9. The number of carbonyl (C=O) groups excluding carboxylic acids is 2. The lowest BCUT2D eigenvalue weighted by Crippen LogP contribution is -2.40. The number of aryl methyl sites for hydroxylation is 2. The van der Waals surface area contributed by atoms with E-state index in [1.54, 1.807) is 32.5 Å². The predicted octanol–water partition coefficient (Wildman–Crippen LogP) is 4.93. The van der Waals surface area contributed by atoms with Crippen LogP contribution in [0.3, 0.4) is 0 Å². The van der Waals surface area contributed by atoms with Crippen LogP contribution in [0, 0.1) is 19.8 Å². The van der Waals surface area contributed by atoms with Gasteiger partial charge in [-0.25, -0.2) is 4.79 Å². The summed E-state index contributed by atoms with van der Waals surface area (Å²) in [5.41, 5.74) is 2.68. The van der Waals surface area contributed by atoms with Gasteiger partial charge in [-0.05, 0) is 69.7 Å². The normalized spacial score (nSPS) is 18.4. The van der Waals surface area contributed by atoms with Gasteiger partial charge in [0.2, 0.25) is 0 Å². The molecule has 2 aromatic carbocycles. The fraction of sp³-hybridized carbons (Fsp3) is 0.462. The number of benzene rings is 2. The maximum atomic E-state index is 13.3. The van der Waals surface area contributed by atoms with Gasteiger partial charge in [-0.1, -0.05) is 24.3 Å². The molecule has 1 aliphatic rings. The highest BCUT2D eigenvalue weighted by atomic mass is 32.2. The van der Waals surface area contributed by atoms with Gasteiger partial charge in [-0.15, -0.1) is 11.8 Å². The summed E-state index contributed by atoms with van der Waals surface area (Å²) in [6, 6.07) is 12.0. The lowest BCUT2D eigenvalue weighted by molar-refractivity contribution is -0.158. The van der Waals surface area contributed by atoms with E-state index in [9.17, 15) is 9.59 Å². The van der Waals surface area contributed by atoms with Crippen LogP contribution in [-0.4, -0.2) is 43.3 Å². The van der Waals surface area contributed by atoms with E-state index >= 15 is 0 Å². The molecule has 0 saturated carbocycles. The van der Waals surface area contributed by atoms with Crippen LogP contribution in [0.5, 0.6) is 5.75 Å². The molecule has 0 radical (unpaired) electrons. The molecule has 0 bridgehead atoms. The van der Waals surface area contributed by atoms with Crippen molar-refractivity contribution in [2.24, 2.45) is 5.92 Å². The molecule has 1 N–H and O–H groups in total. The van der Waals surface area contributed by atoms with Gasteiger partial charge in [0, 0.05) is 35.4 Å². The van der Waals surface area contributed by atoms with Crippen molar-refractivity contribution in [2.75, 3.05) is 26.0 Å². The Labute approximate surface area is 195 Å². The zero-order valence-corrected chi connectivity index (χ0v) is 20.6. The average Bonchev–Trinajstić information content (AvgIpc) is 3.26. The Bertz CT molecular complexity index is 961. The minimum Gasteiger partial charge on any atom is -0.476 e. The third kappa shape index (κ3) is 5.18. The first-order valence-electron chi connectivity index (χ1n) is 11.0. The largest absolute Gasteiger partial charge is 0.476 e. The van der Waals surface area contributed by atoms with Crippen molar-refractivity contribution >= 4 is 23.5 Å². The second kappa shape index (κ2) is 10.1. The maximum absolute atomic E-state index is 13.3. The number of rotatable bonds is 8. The zero-order valence-electron chi connectivity index (χ0n) is 19.8. The molecule has 1 heterocycles. The van der Waals surface area contributed by atoms with Crippen LogP contribution in [0.2, 0.25) is 0 Å². The van der Waals surface area contributed by atoms with E-state index in [4.69, 9.17) is 9.47 Å². The number of nitrogens with one attached hydrogen (secondary N) is 1. The number of hydrogen-bond acceptors (Lipinski definition) is 6. The van der Waals surface area contributed by atoms with Crippen LogP contribution < -0.4 is 10.1 Å². The van der Waals surface area contributed by atoms with E-state index in [1.807, 2.05) is 44.4 Å². The first-order chi connectivity index (χ1) is 15.2. The van der Waals surface area contributed by atoms with Crippen molar-refractivity contribution in [2.45, 2.75) is 51.0 Å². The summed E-state index contributed by atoms with van der Waals surface area (Å²) in [6.07, 6.45) is 2.03. The first-order valence-corrected chi connectivity index (χ1v) is 12.3. The molecule has 32 heavy (non-hydrogen) atoms. The van der Waals surface area contributed by atoms with E-state index in [0.29, 0.717) is 18.9 Å². The molecule has 1 saturated heterocycles. The molecule has 1 unspecified atom stereocenters. The van der Waals surface area contributed by atoms with E-state index < -0.39 is 5.60 Å². The van der Waals surface area contributed by atoms with Gasteiger partial charge in [0.15, 0.2) is 11.4 Å². The Balaban J connectivity index is 1.84. The van der Waals surface area contributed by atoms with Crippen LogP contribution in [0.15, 0.2) is 41.3 Å². The van der Waals surface area contributed by atoms with Crippen molar-refractivity contribution < 1.29 is 19.1 Å². The molecule has 1 fully saturated rings. The Morgan fingerprint density at radius 1 is 1.09 bits per heavy atom. The zero-order chi connectivity index (χ0) is 23.5. The number of hydrogen-bond donors (Lipinski definition) is 1. The van der Waals surface area contributed by atoms with Crippen molar-refractivity contribution in [1.29, 1.82) is 0 Å². The van der Waals surface area contributed by atoms with Crippen molar-refractivity contribution in [3.8, 4) is 5.75 Å². The van der Waals surface area contributed by atoms with Crippen molar-refractivity contribution in [1.82, 2.24) is 5.32 Å². The summed E-state index contributed by atoms with van der Waals surface area (Å²) in [5, 5.41) is 3.40. The van der Waals surface area contributed by atoms with Gasteiger partial charge in [-0.3, -0.25) is 4.79 Å². The molecule has 172 valence electrons. The second-order valence-electron chi connectivity index (χ2n) is 8.78. The summed E-state index contributed by atoms with van der Waals surface area (Å²) in [4.78, 5) is 26.7. The van der Waals surface area contributed by atoms with E-state index in [1.165, 1.54) is 0 Å². The minimum atomic E-state index is -1.08. The Kier molecular flexibility index (Phi) is 7.67. The van der Waals surface area contributed by atoms with Gasteiger partial charge in [-0.2, -0.15) is 0 Å². The third-order valence-corrected chi connectivity index (χ3v) is 6.70. The number of esters is 1. The molecule has 1 aliphatic heterocycles. The Hall–Kier alpha value is -2.31. The maximum Gasteiger partial charge on any atom is 0.349 e. The Morgan fingerprint density at radius 3 is 2.28 bits per heavy atom. The summed E-state index contributed by atoms with van der Waals surface area (Å²) in [5.74, 6) is 0.449.